The van der Waals surface area contributed by atoms with Crippen molar-refractivity contribution < 1.29 is 14.7 Å². The predicted molar refractivity (Wildman–Crippen MR) is 74.6 cm³/mol. The van der Waals surface area contributed by atoms with Gasteiger partial charge in [0.15, 0.2) is 0 Å². The number of nitrogens with one attached hydrogen (secondary N) is 3. The molecule has 1 heterocycles. The van der Waals surface area contributed by atoms with Crippen molar-refractivity contribution in [2.24, 2.45) is 5.41 Å². The molecule has 8 nitrogen and oxygen atoms in total. The van der Waals surface area contributed by atoms with E-state index in [2.05, 4.69) is 25.8 Å². The monoisotopic (exact) mass is 295 g/mol. The van der Waals surface area contributed by atoms with Crippen LogP contribution in [0.2, 0.25) is 0 Å². The summed E-state index contributed by atoms with van der Waals surface area (Å²) >= 11 is 0. The SMILES string of the molecule is CC1(C(=O)O)CCCC1NC(=O)NCCCc1ncn[nH]1. The largest absolute Gasteiger partial charge is 0.481 e. The molecule has 0 bridgehead atoms. The number of aryl methyl sites for hydroxylation is 1. The maximum absolute atomic E-state index is 11.8. The summed E-state index contributed by atoms with van der Waals surface area (Å²) in [5.41, 5.74) is -0.864. The first-order valence-corrected chi connectivity index (χ1v) is 7.14. The number of nitrogens with zero attached hydrogens (tertiary/aromatic N) is 2. The topological polar surface area (TPSA) is 120 Å². The molecular formula is C13H21N5O3. The number of carboxylic acids is 1. The molecule has 1 aliphatic rings. The second kappa shape index (κ2) is 6.55. The van der Waals surface area contributed by atoms with E-state index < -0.39 is 11.4 Å². The van der Waals surface area contributed by atoms with Gasteiger partial charge in [-0.25, -0.2) is 9.78 Å². The van der Waals surface area contributed by atoms with Crippen LogP contribution in [-0.2, 0) is 11.2 Å². The average molecular weight is 295 g/mol. The van der Waals surface area contributed by atoms with Gasteiger partial charge in [-0.15, -0.1) is 0 Å². The van der Waals surface area contributed by atoms with Crippen molar-refractivity contribution in [1.29, 1.82) is 0 Å². The van der Waals surface area contributed by atoms with Crippen LogP contribution in [0.3, 0.4) is 0 Å². The second-order valence-corrected chi connectivity index (χ2v) is 5.60. The number of urea groups is 1. The Hall–Kier alpha value is -2.12. The molecule has 1 saturated carbocycles. The zero-order chi connectivity index (χ0) is 15.3. The molecule has 0 saturated heterocycles. The number of hydrogen-bond donors (Lipinski definition) is 4. The molecule has 2 amide bonds. The van der Waals surface area contributed by atoms with Gasteiger partial charge in [0.1, 0.15) is 12.2 Å². The maximum atomic E-state index is 11.8. The number of carboxylic acid groups (broad SMARTS) is 1. The molecular weight excluding hydrogens is 274 g/mol. The summed E-state index contributed by atoms with van der Waals surface area (Å²) < 4.78 is 0. The fourth-order valence-corrected chi connectivity index (χ4v) is 2.67. The summed E-state index contributed by atoms with van der Waals surface area (Å²) in [6, 6.07) is -0.629. The molecule has 8 heteroatoms. The van der Waals surface area contributed by atoms with Crippen LogP contribution >= 0.6 is 0 Å². The molecule has 21 heavy (non-hydrogen) atoms. The summed E-state index contributed by atoms with van der Waals surface area (Å²) in [6.07, 6.45) is 5.01. The fourth-order valence-electron chi connectivity index (χ4n) is 2.67. The minimum absolute atomic E-state index is 0.313. The van der Waals surface area contributed by atoms with Crippen molar-refractivity contribution in [1.82, 2.24) is 25.8 Å². The van der Waals surface area contributed by atoms with E-state index in [-0.39, 0.29) is 12.1 Å². The zero-order valence-corrected chi connectivity index (χ0v) is 12.1. The lowest BCUT2D eigenvalue weighted by molar-refractivity contribution is -0.148. The Morgan fingerprint density at radius 2 is 2.38 bits per heavy atom. The molecule has 0 spiro atoms. The van der Waals surface area contributed by atoms with E-state index in [4.69, 9.17) is 0 Å². The Balaban J connectivity index is 1.70. The number of rotatable bonds is 6. The maximum Gasteiger partial charge on any atom is 0.315 e. The van der Waals surface area contributed by atoms with Crippen LogP contribution in [0.5, 0.6) is 0 Å². The van der Waals surface area contributed by atoms with Gasteiger partial charge >= 0.3 is 12.0 Å². The van der Waals surface area contributed by atoms with Gasteiger partial charge in [-0.3, -0.25) is 9.89 Å². The van der Waals surface area contributed by atoms with Crippen molar-refractivity contribution in [3.8, 4) is 0 Å². The first-order chi connectivity index (χ1) is 10.0. The summed E-state index contributed by atoms with van der Waals surface area (Å²) in [4.78, 5) is 27.1. The van der Waals surface area contributed by atoms with Crippen molar-refractivity contribution in [3.05, 3.63) is 12.2 Å². The molecule has 2 rings (SSSR count). The van der Waals surface area contributed by atoms with Gasteiger partial charge in [-0.2, -0.15) is 5.10 Å². The van der Waals surface area contributed by atoms with Crippen molar-refractivity contribution in [2.45, 2.75) is 45.1 Å². The third kappa shape index (κ3) is 3.71. The number of aromatic nitrogens is 3. The van der Waals surface area contributed by atoms with Gasteiger partial charge in [0.25, 0.3) is 0 Å². The normalized spacial score (nSPS) is 24.7. The minimum Gasteiger partial charge on any atom is -0.481 e. The van der Waals surface area contributed by atoms with Crippen LogP contribution in [0, 0.1) is 5.41 Å². The number of aliphatic carboxylic acids is 1. The lowest BCUT2D eigenvalue weighted by atomic mass is 9.85. The van der Waals surface area contributed by atoms with Gasteiger partial charge in [0.05, 0.1) is 5.41 Å². The van der Waals surface area contributed by atoms with Crippen LogP contribution in [0.1, 0.15) is 38.4 Å². The van der Waals surface area contributed by atoms with Crippen LogP contribution in [-0.4, -0.2) is 44.9 Å². The number of carbonyl (C=O) groups is 2. The molecule has 0 radical (unpaired) electrons. The van der Waals surface area contributed by atoms with Crippen molar-refractivity contribution in [2.75, 3.05) is 6.54 Å². The minimum atomic E-state index is -0.864. The predicted octanol–water partition coefficient (Wildman–Crippen LogP) is 0.680. The standard InChI is InChI=1S/C13H21N5O3/c1-13(11(19)20)6-2-4-9(13)17-12(21)14-7-3-5-10-15-8-16-18-10/h8-9H,2-7H2,1H3,(H,19,20)(H2,14,17,21)(H,15,16,18). The van der Waals surface area contributed by atoms with E-state index in [0.717, 1.165) is 18.7 Å². The highest BCUT2D eigenvalue weighted by Gasteiger charge is 2.45. The summed E-state index contributed by atoms with van der Waals surface area (Å²) in [5, 5.41) is 21.3. The van der Waals surface area contributed by atoms with Crippen LogP contribution in [0.4, 0.5) is 4.79 Å². The smallest absolute Gasteiger partial charge is 0.315 e. The van der Waals surface area contributed by atoms with E-state index in [1.165, 1.54) is 6.33 Å². The Labute approximate surface area is 122 Å². The fraction of sp³-hybridized carbons (Fsp3) is 0.692. The number of carbonyl (C=O) groups excluding carboxylic acids is 1. The van der Waals surface area contributed by atoms with Crippen LogP contribution < -0.4 is 10.6 Å². The first kappa shape index (κ1) is 15.3. The third-order valence-corrected chi connectivity index (χ3v) is 4.09. The molecule has 2 unspecified atom stereocenters. The quantitative estimate of drug-likeness (QED) is 0.575. The number of H-pyrrole nitrogens is 1. The number of amides is 2. The van der Waals surface area contributed by atoms with E-state index in [9.17, 15) is 14.7 Å². The highest BCUT2D eigenvalue weighted by molar-refractivity contribution is 5.79. The molecule has 1 aromatic heterocycles. The highest BCUT2D eigenvalue weighted by Crippen LogP contribution is 2.38. The summed E-state index contributed by atoms with van der Waals surface area (Å²) in [7, 11) is 0. The molecule has 2 atom stereocenters. The van der Waals surface area contributed by atoms with Gasteiger partial charge in [0.2, 0.25) is 0 Å². The highest BCUT2D eigenvalue weighted by atomic mass is 16.4. The molecule has 1 aromatic rings. The van der Waals surface area contributed by atoms with E-state index in [1.54, 1.807) is 6.92 Å². The molecule has 0 aromatic carbocycles. The molecule has 116 valence electrons. The molecule has 0 aliphatic heterocycles. The lowest BCUT2D eigenvalue weighted by Crippen LogP contribution is -2.50. The van der Waals surface area contributed by atoms with E-state index in [1.807, 2.05) is 0 Å². The van der Waals surface area contributed by atoms with Crippen molar-refractivity contribution in [3.63, 3.8) is 0 Å². The summed E-state index contributed by atoms with van der Waals surface area (Å²) in [5.74, 6) is -0.0675. The first-order valence-electron chi connectivity index (χ1n) is 7.14. The average Bonchev–Trinajstić information content (AvgIpc) is 3.06. The molecule has 1 aliphatic carbocycles. The number of aromatic amines is 1. The number of hydrogen-bond acceptors (Lipinski definition) is 4. The van der Waals surface area contributed by atoms with Crippen LogP contribution in [0.15, 0.2) is 6.33 Å². The Kier molecular flexibility index (Phi) is 4.77. The zero-order valence-electron chi connectivity index (χ0n) is 12.1. The Bertz CT molecular complexity index is 490. The lowest BCUT2D eigenvalue weighted by Gasteiger charge is -2.27. The van der Waals surface area contributed by atoms with Gasteiger partial charge in [-0.1, -0.05) is 6.42 Å². The second-order valence-electron chi connectivity index (χ2n) is 5.60. The summed E-state index contributed by atoms with van der Waals surface area (Å²) in [6.45, 7) is 2.19. The van der Waals surface area contributed by atoms with Crippen LogP contribution in [0.25, 0.3) is 0 Å². The van der Waals surface area contributed by atoms with E-state index >= 15 is 0 Å². The van der Waals surface area contributed by atoms with Gasteiger partial charge < -0.3 is 15.7 Å². The van der Waals surface area contributed by atoms with E-state index in [0.29, 0.717) is 25.8 Å². The molecule has 4 N–H and O–H groups in total. The molecule has 1 fully saturated rings. The Morgan fingerprint density at radius 3 is 3.05 bits per heavy atom. The third-order valence-electron chi connectivity index (χ3n) is 4.09. The van der Waals surface area contributed by atoms with Gasteiger partial charge in [0, 0.05) is 19.0 Å². The Morgan fingerprint density at radius 1 is 1.57 bits per heavy atom. The van der Waals surface area contributed by atoms with Crippen molar-refractivity contribution >= 4 is 12.0 Å². The van der Waals surface area contributed by atoms with Gasteiger partial charge in [-0.05, 0) is 26.2 Å².